The number of nitrogens with one attached hydrogen (secondary N) is 2. The predicted octanol–water partition coefficient (Wildman–Crippen LogP) is 4.18. The summed E-state index contributed by atoms with van der Waals surface area (Å²) in [6, 6.07) is 5.47. The first-order chi connectivity index (χ1) is 21.0. The number of fused-ring (bicyclic) bond motifs is 2. The maximum atomic E-state index is 14.0. The Hall–Kier alpha value is -4.47. The Labute approximate surface area is 255 Å². The number of likely N-dealkylation sites (N-methyl/N-ethyl adjacent to an activating group) is 1. The van der Waals surface area contributed by atoms with Crippen LogP contribution in [0.15, 0.2) is 70.8 Å². The lowest BCUT2D eigenvalue weighted by Crippen LogP contribution is -2.44. The van der Waals surface area contributed by atoms with Gasteiger partial charge in [0.2, 0.25) is 0 Å². The second kappa shape index (κ2) is 13.4. The highest BCUT2D eigenvalue weighted by molar-refractivity contribution is 6.06. The smallest absolute Gasteiger partial charge is 0.368 e. The Balaban J connectivity index is 1.29. The zero-order chi connectivity index (χ0) is 31.3. The number of anilines is 1. The maximum Gasteiger partial charge on any atom is 0.416 e. The number of nitrogens with zero attached hydrogens (tertiary/aromatic N) is 6. The molecule has 5 rings (SSSR count). The molecule has 0 spiro atoms. The summed E-state index contributed by atoms with van der Waals surface area (Å²) in [5.41, 5.74) is 1.53. The highest BCUT2D eigenvalue weighted by Crippen LogP contribution is 2.34. The number of pyridine rings is 1. The number of hydrogen-bond acceptors (Lipinski definition) is 8. The number of amides is 1. The van der Waals surface area contributed by atoms with Gasteiger partial charge in [-0.15, -0.1) is 0 Å². The van der Waals surface area contributed by atoms with E-state index in [-0.39, 0.29) is 23.4 Å². The second-order valence-corrected chi connectivity index (χ2v) is 11.4. The molecule has 0 radical (unpaired) electrons. The summed E-state index contributed by atoms with van der Waals surface area (Å²) in [5, 5.41) is 12.3. The van der Waals surface area contributed by atoms with Crippen molar-refractivity contribution in [1.82, 2.24) is 25.1 Å². The zero-order valence-corrected chi connectivity index (χ0v) is 24.9. The molecule has 3 aliphatic heterocycles. The van der Waals surface area contributed by atoms with E-state index >= 15 is 0 Å². The third-order valence-corrected chi connectivity index (χ3v) is 7.29. The van der Waals surface area contributed by atoms with Gasteiger partial charge in [0.25, 0.3) is 5.91 Å². The fourth-order valence-corrected chi connectivity index (χ4v) is 4.79. The summed E-state index contributed by atoms with van der Waals surface area (Å²) in [5.74, 6) is 6.63. The molecule has 0 saturated carbocycles. The number of carbonyl (C=O) groups excluding carboxylic acids is 1. The van der Waals surface area contributed by atoms with Crippen LogP contribution < -0.4 is 10.6 Å². The molecular weight excluding hydrogens is 569 g/mol. The Morgan fingerprint density at radius 1 is 1.07 bits per heavy atom. The Kier molecular flexibility index (Phi) is 9.46. The van der Waals surface area contributed by atoms with Crippen LogP contribution in [0.1, 0.15) is 40.9 Å². The number of aliphatic imine (C=N–C) groups is 1. The van der Waals surface area contributed by atoms with E-state index in [1.807, 2.05) is 24.1 Å². The minimum atomic E-state index is -4.56. The van der Waals surface area contributed by atoms with Gasteiger partial charge in [0, 0.05) is 62.9 Å². The highest BCUT2D eigenvalue weighted by Gasteiger charge is 2.34. The van der Waals surface area contributed by atoms with E-state index < -0.39 is 17.6 Å². The number of hydrazone groups is 1. The van der Waals surface area contributed by atoms with Crippen molar-refractivity contribution in [2.24, 2.45) is 16.0 Å². The molecule has 9 nitrogen and oxygen atoms in total. The number of allylic oxidation sites excluding steroid dienone is 1. The van der Waals surface area contributed by atoms with Gasteiger partial charge >= 0.3 is 6.18 Å². The molecular formula is C32H35F3N8O. The van der Waals surface area contributed by atoms with Gasteiger partial charge in [-0.05, 0) is 54.8 Å². The first-order valence-corrected chi connectivity index (χ1v) is 14.5. The molecule has 3 aliphatic rings. The van der Waals surface area contributed by atoms with Gasteiger partial charge in [0.1, 0.15) is 11.5 Å². The van der Waals surface area contributed by atoms with Crippen LogP contribution in [0.4, 0.5) is 18.9 Å². The molecule has 1 aromatic heterocycles. The summed E-state index contributed by atoms with van der Waals surface area (Å²) < 4.78 is 42.0. The van der Waals surface area contributed by atoms with Crippen LogP contribution in [0, 0.1) is 17.8 Å². The van der Waals surface area contributed by atoms with Gasteiger partial charge in [-0.25, -0.2) is 5.01 Å². The average Bonchev–Trinajstić information content (AvgIpc) is 3.15. The summed E-state index contributed by atoms with van der Waals surface area (Å²) in [6.07, 6.45) is 3.74. The van der Waals surface area contributed by atoms with Gasteiger partial charge in [0.15, 0.2) is 0 Å². The van der Waals surface area contributed by atoms with E-state index in [0.29, 0.717) is 42.6 Å². The highest BCUT2D eigenvalue weighted by atomic mass is 19.4. The van der Waals surface area contributed by atoms with Crippen molar-refractivity contribution < 1.29 is 18.0 Å². The fourth-order valence-electron chi connectivity index (χ4n) is 4.79. The molecule has 0 unspecified atom stereocenters. The molecule has 0 atom stereocenters. The minimum Gasteiger partial charge on any atom is -0.368 e. The quantitative estimate of drug-likeness (QED) is 0.482. The largest absolute Gasteiger partial charge is 0.416 e. The molecule has 2 bridgehead atoms. The van der Waals surface area contributed by atoms with E-state index in [1.165, 1.54) is 24.5 Å². The number of hydrogen-bond donors (Lipinski definition) is 2. The normalized spacial score (nSPS) is 17.2. The van der Waals surface area contributed by atoms with Gasteiger partial charge in [-0.3, -0.25) is 19.7 Å². The zero-order valence-electron chi connectivity index (χ0n) is 24.9. The Morgan fingerprint density at radius 3 is 2.61 bits per heavy atom. The van der Waals surface area contributed by atoms with Crippen LogP contribution in [0.25, 0.3) is 0 Å². The van der Waals surface area contributed by atoms with Crippen LogP contribution in [0.2, 0.25) is 0 Å². The van der Waals surface area contributed by atoms with E-state index in [2.05, 4.69) is 56.3 Å². The van der Waals surface area contributed by atoms with E-state index in [9.17, 15) is 18.0 Å². The van der Waals surface area contributed by atoms with Crippen molar-refractivity contribution in [3.8, 4) is 11.8 Å². The topological polar surface area (TPSA) is 88.5 Å². The molecule has 1 amide bonds. The second-order valence-electron chi connectivity index (χ2n) is 11.4. The van der Waals surface area contributed by atoms with Crippen LogP contribution in [-0.4, -0.2) is 83.6 Å². The SMILES string of the molecule is CC(C)CNC1=NN2CC(=NC=C2C#Cc2cncc(C(=O)Nc3ccc(CN4CCN(C)CC4)c(C(F)(F)F)c3)c2)C=C1. The van der Waals surface area contributed by atoms with Gasteiger partial charge < -0.3 is 15.5 Å². The molecule has 12 heteroatoms. The van der Waals surface area contributed by atoms with Crippen molar-refractivity contribution in [3.63, 3.8) is 0 Å². The van der Waals surface area contributed by atoms with Crippen molar-refractivity contribution in [2.45, 2.75) is 26.6 Å². The first kappa shape index (κ1) is 31.0. The van der Waals surface area contributed by atoms with Crippen LogP contribution in [-0.2, 0) is 12.7 Å². The van der Waals surface area contributed by atoms with E-state index in [1.54, 1.807) is 17.3 Å². The van der Waals surface area contributed by atoms with Gasteiger partial charge in [-0.1, -0.05) is 25.8 Å². The molecule has 2 N–H and O–H groups in total. The Bertz CT molecular complexity index is 1570. The molecule has 1 saturated heterocycles. The van der Waals surface area contributed by atoms with Crippen LogP contribution >= 0.6 is 0 Å². The lowest BCUT2D eigenvalue weighted by atomic mass is 10.0. The van der Waals surface area contributed by atoms with Crippen LogP contribution in [0.3, 0.4) is 0 Å². The van der Waals surface area contributed by atoms with E-state index in [4.69, 9.17) is 0 Å². The number of halogens is 3. The average molecular weight is 605 g/mol. The summed E-state index contributed by atoms with van der Waals surface area (Å²) in [4.78, 5) is 25.8. The third-order valence-electron chi connectivity index (χ3n) is 7.29. The summed E-state index contributed by atoms with van der Waals surface area (Å²) >= 11 is 0. The molecule has 4 heterocycles. The molecule has 44 heavy (non-hydrogen) atoms. The molecule has 1 aromatic carbocycles. The lowest BCUT2D eigenvalue weighted by Gasteiger charge is -2.33. The van der Waals surface area contributed by atoms with Crippen molar-refractivity contribution in [1.29, 1.82) is 0 Å². The molecule has 2 aromatic rings. The van der Waals surface area contributed by atoms with Crippen molar-refractivity contribution >= 4 is 23.1 Å². The fraction of sp³-hybridized carbons (Fsp3) is 0.375. The van der Waals surface area contributed by atoms with Gasteiger partial charge in [-0.2, -0.15) is 18.3 Å². The number of amidine groups is 1. The lowest BCUT2D eigenvalue weighted by molar-refractivity contribution is -0.138. The number of piperazine rings is 1. The number of carbonyl (C=O) groups is 1. The number of benzene rings is 1. The predicted molar refractivity (Wildman–Crippen MR) is 165 cm³/mol. The summed E-state index contributed by atoms with van der Waals surface area (Å²) in [7, 11) is 2.00. The van der Waals surface area contributed by atoms with Gasteiger partial charge in [0.05, 0.1) is 29.6 Å². The third kappa shape index (κ3) is 8.12. The molecule has 0 aliphatic carbocycles. The van der Waals surface area contributed by atoms with Crippen molar-refractivity contribution in [3.05, 3.63) is 83.0 Å². The standard InChI is InChI=1S/C32H35F3N8O/c1-22(2)16-38-30-9-7-27-21-43(40-30)28(19-37-27)8-4-23-14-25(18-36-17-23)31(44)39-26-6-5-24(29(15-26)32(33,34)35)20-42-12-10-41(3)11-13-42/h5-7,9,14-15,17-19,22H,10-13,16,20-21H2,1-3H3,(H,38,40)(H,39,44). The first-order valence-electron chi connectivity index (χ1n) is 14.5. The maximum absolute atomic E-state index is 14.0. The molecule has 230 valence electrons. The number of rotatable bonds is 6. The van der Waals surface area contributed by atoms with Crippen LogP contribution in [0.5, 0.6) is 0 Å². The van der Waals surface area contributed by atoms with Crippen molar-refractivity contribution in [2.75, 3.05) is 51.6 Å². The minimum absolute atomic E-state index is 0.0523. The number of aromatic nitrogens is 1. The summed E-state index contributed by atoms with van der Waals surface area (Å²) in [6.45, 7) is 8.67. The molecule has 1 fully saturated rings. The number of alkyl halides is 3. The monoisotopic (exact) mass is 604 g/mol. The Morgan fingerprint density at radius 2 is 1.86 bits per heavy atom. The van der Waals surface area contributed by atoms with E-state index in [0.717, 1.165) is 31.4 Å².